The molecule has 1 unspecified atom stereocenters. The lowest BCUT2D eigenvalue weighted by Crippen LogP contribution is -2.18. The maximum atomic E-state index is 5.70. The van der Waals surface area contributed by atoms with Crippen molar-refractivity contribution in [1.82, 2.24) is 10.3 Å². The van der Waals surface area contributed by atoms with Crippen LogP contribution in [-0.2, 0) is 6.42 Å². The summed E-state index contributed by atoms with van der Waals surface area (Å²) in [6.07, 6.45) is 6.92. The first-order chi connectivity index (χ1) is 10.3. The minimum Gasteiger partial charge on any atom is -0.494 e. The third-order valence-electron chi connectivity index (χ3n) is 3.56. The largest absolute Gasteiger partial charge is 0.494 e. The van der Waals surface area contributed by atoms with Crippen molar-refractivity contribution in [2.45, 2.75) is 32.2 Å². The van der Waals surface area contributed by atoms with Gasteiger partial charge in [0, 0.05) is 18.4 Å². The number of unbranched alkanes of at least 4 members (excludes halogenated alkanes) is 1. The number of ether oxygens (including phenoxy) is 1. The average molecular weight is 284 g/mol. The van der Waals surface area contributed by atoms with Gasteiger partial charge in [-0.2, -0.15) is 0 Å². The van der Waals surface area contributed by atoms with Gasteiger partial charge in [0.25, 0.3) is 0 Å². The minimum atomic E-state index is 0.291. The molecule has 1 heterocycles. The van der Waals surface area contributed by atoms with E-state index in [9.17, 15) is 0 Å². The molecule has 0 fully saturated rings. The maximum absolute atomic E-state index is 5.70. The number of hydrogen-bond donors (Lipinski definition) is 1. The molecular weight excluding hydrogens is 260 g/mol. The Hall–Kier alpha value is -1.87. The topological polar surface area (TPSA) is 34.1 Å². The van der Waals surface area contributed by atoms with Crippen LogP contribution in [0.2, 0.25) is 0 Å². The second-order valence-electron chi connectivity index (χ2n) is 5.18. The molecule has 0 aliphatic heterocycles. The first-order valence-electron chi connectivity index (χ1n) is 7.62. The van der Waals surface area contributed by atoms with Crippen LogP contribution >= 0.6 is 0 Å². The Labute approximate surface area is 127 Å². The van der Waals surface area contributed by atoms with Crippen molar-refractivity contribution >= 4 is 0 Å². The number of aromatic nitrogens is 1. The Bertz CT molecular complexity index is 511. The van der Waals surface area contributed by atoms with Crippen molar-refractivity contribution in [3.05, 3.63) is 59.9 Å². The molecule has 0 spiro atoms. The quantitative estimate of drug-likeness (QED) is 0.749. The van der Waals surface area contributed by atoms with E-state index in [1.165, 1.54) is 11.1 Å². The molecule has 0 saturated heterocycles. The molecule has 1 atom stereocenters. The number of rotatable bonds is 8. The summed E-state index contributed by atoms with van der Waals surface area (Å²) in [5, 5.41) is 3.37. The second-order valence-corrected chi connectivity index (χ2v) is 5.18. The van der Waals surface area contributed by atoms with E-state index in [0.717, 1.165) is 31.6 Å². The van der Waals surface area contributed by atoms with Gasteiger partial charge >= 0.3 is 0 Å². The zero-order valence-electron chi connectivity index (χ0n) is 12.9. The van der Waals surface area contributed by atoms with E-state index < -0.39 is 0 Å². The molecule has 0 aliphatic rings. The first kappa shape index (κ1) is 15.5. The summed E-state index contributed by atoms with van der Waals surface area (Å²) in [6.45, 7) is 2.96. The molecule has 3 nitrogen and oxygen atoms in total. The highest BCUT2D eigenvalue weighted by atomic mass is 16.5. The third kappa shape index (κ3) is 4.87. The molecule has 112 valence electrons. The summed E-state index contributed by atoms with van der Waals surface area (Å²) in [4.78, 5) is 4.17. The highest BCUT2D eigenvalue weighted by Crippen LogP contribution is 2.21. The Morgan fingerprint density at radius 3 is 2.62 bits per heavy atom. The smallest absolute Gasteiger partial charge is 0.119 e. The van der Waals surface area contributed by atoms with Crippen LogP contribution in [0.1, 0.15) is 36.9 Å². The fourth-order valence-electron chi connectivity index (χ4n) is 2.27. The van der Waals surface area contributed by atoms with E-state index in [2.05, 4.69) is 47.6 Å². The van der Waals surface area contributed by atoms with Crippen molar-refractivity contribution in [1.29, 1.82) is 0 Å². The molecule has 1 N–H and O–H groups in total. The fraction of sp³-hybridized carbons (Fsp3) is 0.389. The lowest BCUT2D eigenvalue weighted by atomic mass is 10.00. The minimum absolute atomic E-state index is 0.291. The molecular formula is C18H24N2O. The number of nitrogens with one attached hydrogen (secondary N) is 1. The van der Waals surface area contributed by atoms with E-state index in [4.69, 9.17) is 4.74 Å². The molecule has 0 radical (unpaired) electrons. The van der Waals surface area contributed by atoms with Crippen LogP contribution in [0.3, 0.4) is 0 Å². The van der Waals surface area contributed by atoms with Crippen molar-refractivity contribution in [2.75, 3.05) is 13.7 Å². The normalized spacial score (nSPS) is 12.1. The molecule has 1 aromatic carbocycles. The van der Waals surface area contributed by atoms with Crippen molar-refractivity contribution in [3.8, 4) is 5.75 Å². The number of likely N-dealkylation sites (N-methyl/N-ethyl adjacent to an activating group) is 1. The maximum Gasteiger partial charge on any atom is 0.119 e. The first-order valence-corrected chi connectivity index (χ1v) is 7.62. The molecule has 1 aromatic heterocycles. The van der Waals surface area contributed by atoms with Gasteiger partial charge in [0.2, 0.25) is 0 Å². The summed E-state index contributed by atoms with van der Waals surface area (Å²) in [7, 11) is 1.99. The summed E-state index contributed by atoms with van der Waals surface area (Å²) in [5.41, 5.74) is 2.50. The Morgan fingerprint density at radius 2 is 2.00 bits per heavy atom. The van der Waals surface area contributed by atoms with Crippen molar-refractivity contribution in [3.63, 3.8) is 0 Å². The van der Waals surface area contributed by atoms with Gasteiger partial charge in [0.15, 0.2) is 0 Å². The van der Waals surface area contributed by atoms with Crippen LogP contribution in [0.25, 0.3) is 0 Å². The van der Waals surface area contributed by atoms with Gasteiger partial charge in [0.1, 0.15) is 5.75 Å². The molecule has 0 amide bonds. The Kier molecular flexibility index (Phi) is 6.22. The number of nitrogens with zero attached hydrogens (tertiary/aromatic N) is 1. The highest BCUT2D eigenvalue weighted by molar-refractivity contribution is 5.30. The number of hydrogen-bond acceptors (Lipinski definition) is 3. The fourth-order valence-corrected chi connectivity index (χ4v) is 2.27. The van der Waals surface area contributed by atoms with Gasteiger partial charge in [-0.25, -0.2) is 0 Å². The van der Waals surface area contributed by atoms with Crippen LogP contribution in [0.5, 0.6) is 5.75 Å². The van der Waals surface area contributed by atoms with E-state index >= 15 is 0 Å². The molecule has 21 heavy (non-hydrogen) atoms. The summed E-state index contributed by atoms with van der Waals surface area (Å²) in [5.74, 6) is 0.948. The summed E-state index contributed by atoms with van der Waals surface area (Å²) < 4.78 is 5.70. The standard InChI is InChI=1S/C18H24N2O/c1-3-4-12-21-17-9-7-16(8-10-17)18(19-2)13-15-6-5-11-20-14-15/h5-11,14,18-19H,3-4,12-13H2,1-2H3. The molecule has 3 heteroatoms. The lowest BCUT2D eigenvalue weighted by molar-refractivity contribution is 0.309. The van der Waals surface area contributed by atoms with Gasteiger partial charge in [-0.3, -0.25) is 4.98 Å². The van der Waals surface area contributed by atoms with Crippen LogP contribution in [0.15, 0.2) is 48.8 Å². The zero-order valence-corrected chi connectivity index (χ0v) is 12.9. The average Bonchev–Trinajstić information content (AvgIpc) is 2.55. The molecule has 0 aliphatic carbocycles. The van der Waals surface area contributed by atoms with Gasteiger partial charge < -0.3 is 10.1 Å². The van der Waals surface area contributed by atoms with Gasteiger partial charge in [-0.1, -0.05) is 31.5 Å². The van der Waals surface area contributed by atoms with Crippen LogP contribution < -0.4 is 10.1 Å². The number of pyridine rings is 1. The lowest BCUT2D eigenvalue weighted by Gasteiger charge is -2.17. The van der Waals surface area contributed by atoms with Gasteiger partial charge in [0.05, 0.1) is 6.61 Å². The van der Waals surface area contributed by atoms with Crippen LogP contribution in [-0.4, -0.2) is 18.6 Å². The molecule has 2 aromatic rings. The van der Waals surface area contributed by atoms with E-state index in [-0.39, 0.29) is 0 Å². The molecule has 0 saturated carbocycles. The number of benzene rings is 1. The van der Waals surface area contributed by atoms with Gasteiger partial charge in [-0.05, 0) is 49.2 Å². The third-order valence-corrected chi connectivity index (χ3v) is 3.56. The summed E-state index contributed by atoms with van der Waals surface area (Å²) in [6, 6.07) is 12.8. The highest BCUT2D eigenvalue weighted by Gasteiger charge is 2.10. The summed E-state index contributed by atoms with van der Waals surface area (Å²) >= 11 is 0. The SMILES string of the molecule is CCCCOc1ccc(C(Cc2cccnc2)NC)cc1. The predicted octanol–water partition coefficient (Wildman–Crippen LogP) is 3.76. The Balaban J connectivity index is 1.98. The van der Waals surface area contributed by atoms with E-state index in [1.807, 2.05) is 19.3 Å². The Morgan fingerprint density at radius 1 is 1.19 bits per heavy atom. The van der Waals surface area contributed by atoms with Gasteiger partial charge in [-0.15, -0.1) is 0 Å². The van der Waals surface area contributed by atoms with Crippen molar-refractivity contribution in [2.24, 2.45) is 0 Å². The molecule has 2 rings (SSSR count). The second kappa shape index (κ2) is 8.42. The van der Waals surface area contributed by atoms with Crippen molar-refractivity contribution < 1.29 is 4.74 Å². The predicted molar refractivity (Wildman–Crippen MR) is 86.6 cm³/mol. The van der Waals surface area contributed by atoms with E-state index in [1.54, 1.807) is 6.20 Å². The monoisotopic (exact) mass is 284 g/mol. The van der Waals surface area contributed by atoms with Crippen LogP contribution in [0.4, 0.5) is 0 Å². The van der Waals surface area contributed by atoms with E-state index in [0.29, 0.717) is 6.04 Å². The van der Waals surface area contributed by atoms with Crippen LogP contribution in [0, 0.1) is 0 Å². The molecule has 0 bridgehead atoms. The zero-order chi connectivity index (χ0) is 14.9.